The number of hydrogen-bond acceptors (Lipinski definition) is 6. The van der Waals surface area contributed by atoms with Gasteiger partial charge in [0.25, 0.3) is 0 Å². The van der Waals surface area contributed by atoms with E-state index in [0.29, 0.717) is 40.0 Å². The van der Waals surface area contributed by atoms with Crippen molar-refractivity contribution in [3.63, 3.8) is 0 Å². The van der Waals surface area contributed by atoms with Crippen molar-refractivity contribution in [1.82, 2.24) is 15.0 Å². The molecule has 3 aromatic rings. The molecule has 1 spiro atoms. The number of para-hydroxylation sites is 1. The van der Waals surface area contributed by atoms with E-state index < -0.39 is 18.9 Å². The van der Waals surface area contributed by atoms with Crippen LogP contribution < -0.4 is 15.5 Å². The Morgan fingerprint density at radius 3 is 2.66 bits per heavy atom. The van der Waals surface area contributed by atoms with Crippen LogP contribution in [0.4, 0.5) is 19.0 Å². The first kappa shape index (κ1) is 21.2. The van der Waals surface area contributed by atoms with Crippen molar-refractivity contribution in [2.75, 3.05) is 25.3 Å². The van der Waals surface area contributed by atoms with E-state index in [2.05, 4.69) is 20.3 Å². The fourth-order valence-electron chi connectivity index (χ4n) is 3.98. The van der Waals surface area contributed by atoms with E-state index in [1.54, 1.807) is 31.7 Å². The average molecular weight is 462 g/mol. The molecule has 2 bridgehead atoms. The maximum absolute atomic E-state index is 13.7. The molecule has 1 fully saturated rings. The van der Waals surface area contributed by atoms with Gasteiger partial charge in [-0.15, -0.1) is 0 Å². The Morgan fingerprint density at radius 1 is 1.19 bits per heavy atom. The van der Waals surface area contributed by atoms with E-state index in [1.165, 1.54) is 6.07 Å². The summed E-state index contributed by atoms with van der Waals surface area (Å²) in [5, 5.41) is 3.81. The minimum absolute atomic E-state index is 0.0887. The van der Waals surface area contributed by atoms with Gasteiger partial charge in [-0.2, -0.15) is 13.2 Å². The Balaban J connectivity index is 1.65. The highest BCUT2D eigenvalue weighted by Gasteiger charge is 2.45. The van der Waals surface area contributed by atoms with Crippen LogP contribution in [-0.4, -0.2) is 34.9 Å². The van der Waals surface area contributed by atoms with Gasteiger partial charge >= 0.3 is 6.18 Å². The third kappa shape index (κ3) is 3.94. The highest BCUT2D eigenvalue weighted by Crippen LogP contribution is 2.49. The van der Waals surface area contributed by atoms with Gasteiger partial charge in [0.1, 0.15) is 30.0 Å². The van der Waals surface area contributed by atoms with Gasteiger partial charge in [0.2, 0.25) is 0 Å². The van der Waals surface area contributed by atoms with Crippen molar-refractivity contribution in [2.45, 2.75) is 32.0 Å². The van der Waals surface area contributed by atoms with Gasteiger partial charge in [0.05, 0.1) is 23.9 Å². The van der Waals surface area contributed by atoms with Crippen LogP contribution in [0.15, 0.2) is 30.5 Å². The molecule has 32 heavy (non-hydrogen) atoms. The standard InChI is InChI=1S/C22H22F3N4O2P/c1-32(2,30)18-8-14-16(11-26-18)28-17-9-21(6-7-21)12-31-19-13(10-27-20(14)29-17)4-3-5-15(19)22(23,24)25/h3-5,8,11H,6-7,9-10,12H2,1-2H3,(H,27,28,29). The summed E-state index contributed by atoms with van der Waals surface area (Å²) in [5.41, 5.74) is 0.405. The van der Waals surface area contributed by atoms with Crippen molar-refractivity contribution in [1.29, 1.82) is 0 Å². The maximum Gasteiger partial charge on any atom is 0.419 e. The number of alkyl halides is 3. The molecule has 3 heterocycles. The number of fused-ring (bicyclic) bond motifs is 5. The van der Waals surface area contributed by atoms with Crippen LogP contribution >= 0.6 is 7.14 Å². The summed E-state index contributed by atoms with van der Waals surface area (Å²) in [4.78, 5) is 13.7. The first-order chi connectivity index (χ1) is 15.0. The van der Waals surface area contributed by atoms with Gasteiger partial charge in [-0.25, -0.2) is 9.97 Å². The van der Waals surface area contributed by atoms with Crippen LogP contribution in [0.5, 0.6) is 5.75 Å². The molecule has 0 amide bonds. The summed E-state index contributed by atoms with van der Waals surface area (Å²) in [7, 11) is -2.62. The number of rotatable bonds is 1. The quantitative estimate of drug-likeness (QED) is 0.532. The second kappa shape index (κ2) is 7.17. The summed E-state index contributed by atoms with van der Waals surface area (Å²) in [5.74, 6) is 0.942. The van der Waals surface area contributed by atoms with Gasteiger partial charge in [0, 0.05) is 29.3 Å². The van der Waals surface area contributed by atoms with Crippen molar-refractivity contribution in [3.8, 4) is 5.75 Å². The molecule has 0 saturated heterocycles. The highest BCUT2D eigenvalue weighted by molar-refractivity contribution is 7.69. The molecule has 168 valence electrons. The summed E-state index contributed by atoms with van der Waals surface area (Å²) in [6.45, 7) is 3.53. The van der Waals surface area contributed by atoms with E-state index in [1.807, 2.05) is 0 Å². The van der Waals surface area contributed by atoms with Crippen LogP contribution in [0.2, 0.25) is 0 Å². The molecule has 1 aromatic carbocycles. The second-order valence-electron chi connectivity index (χ2n) is 9.01. The second-order valence-corrected chi connectivity index (χ2v) is 12.2. The van der Waals surface area contributed by atoms with Crippen LogP contribution in [-0.2, 0) is 23.7 Å². The van der Waals surface area contributed by atoms with Crippen LogP contribution in [0.25, 0.3) is 10.9 Å². The molecule has 1 aliphatic carbocycles. The molecule has 10 heteroatoms. The van der Waals surface area contributed by atoms with E-state index in [-0.39, 0.29) is 24.3 Å². The summed E-state index contributed by atoms with van der Waals surface area (Å²) in [6.07, 6.45) is -0.745. The number of anilines is 1. The first-order valence-electron chi connectivity index (χ1n) is 10.3. The number of aromatic nitrogens is 3. The molecule has 0 unspecified atom stereocenters. The van der Waals surface area contributed by atoms with Crippen molar-refractivity contribution < 1.29 is 22.5 Å². The maximum atomic E-state index is 13.7. The fourth-order valence-corrected chi connectivity index (χ4v) is 4.76. The van der Waals surface area contributed by atoms with Crippen molar-refractivity contribution >= 4 is 29.3 Å². The SMILES string of the molecule is CP(C)(=O)c1cc2c3nc(nc2cn1)CC1(CC1)COc1c(cccc1C(F)(F)F)CN3. The van der Waals surface area contributed by atoms with Gasteiger partial charge in [-0.3, -0.25) is 4.98 Å². The Bertz CT molecular complexity index is 1270. The Hall–Kier alpha value is -2.67. The number of nitrogens with zero attached hydrogens (tertiary/aromatic N) is 3. The van der Waals surface area contributed by atoms with Gasteiger partial charge < -0.3 is 14.6 Å². The highest BCUT2D eigenvalue weighted by atomic mass is 31.2. The minimum atomic E-state index is -4.52. The van der Waals surface area contributed by atoms with Gasteiger partial charge in [-0.05, 0) is 38.3 Å². The lowest BCUT2D eigenvalue weighted by molar-refractivity contribution is -0.139. The third-order valence-corrected chi connectivity index (χ3v) is 7.37. The number of pyridine rings is 1. The zero-order chi connectivity index (χ0) is 22.7. The number of ether oxygens (including phenoxy) is 1. The smallest absolute Gasteiger partial charge is 0.419 e. The van der Waals surface area contributed by atoms with Crippen LogP contribution in [0.3, 0.4) is 0 Å². The van der Waals surface area contributed by atoms with Crippen molar-refractivity contribution in [3.05, 3.63) is 47.4 Å². The predicted molar refractivity (Wildman–Crippen MR) is 116 cm³/mol. The zero-order valence-electron chi connectivity index (χ0n) is 17.7. The van der Waals surface area contributed by atoms with Gasteiger partial charge in [0.15, 0.2) is 0 Å². The predicted octanol–water partition coefficient (Wildman–Crippen LogP) is 4.62. The minimum Gasteiger partial charge on any atom is -0.492 e. The fraction of sp³-hybridized carbons (Fsp3) is 0.409. The molecule has 1 saturated carbocycles. The molecule has 1 aliphatic heterocycles. The molecule has 5 rings (SSSR count). The van der Waals surface area contributed by atoms with E-state index in [0.717, 1.165) is 18.9 Å². The van der Waals surface area contributed by atoms with Crippen molar-refractivity contribution in [2.24, 2.45) is 5.41 Å². The van der Waals surface area contributed by atoms with E-state index in [9.17, 15) is 17.7 Å². The van der Waals surface area contributed by atoms with E-state index >= 15 is 0 Å². The number of halogens is 3. The summed E-state index contributed by atoms with van der Waals surface area (Å²) >= 11 is 0. The third-order valence-electron chi connectivity index (χ3n) is 6.03. The molecule has 0 radical (unpaired) electrons. The lowest BCUT2D eigenvalue weighted by Crippen LogP contribution is -2.19. The number of benzene rings is 1. The molecule has 0 atom stereocenters. The normalized spacial score (nSPS) is 17.8. The van der Waals surface area contributed by atoms with Gasteiger partial charge in [-0.1, -0.05) is 12.1 Å². The number of nitrogens with one attached hydrogen (secondary N) is 1. The zero-order valence-corrected chi connectivity index (χ0v) is 18.6. The lowest BCUT2D eigenvalue weighted by Gasteiger charge is -2.20. The summed E-state index contributed by atoms with van der Waals surface area (Å²) < 4.78 is 59.4. The molecule has 1 N–H and O–H groups in total. The molecular weight excluding hydrogens is 440 g/mol. The molecular formula is C22H22F3N4O2P. The monoisotopic (exact) mass is 462 g/mol. The van der Waals surface area contributed by atoms with Crippen LogP contribution in [0, 0.1) is 5.41 Å². The Labute approximate surface area is 183 Å². The Morgan fingerprint density at radius 2 is 1.97 bits per heavy atom. The molecule has 6 nitrogen and oxygen atoms in total. The topological polar surface area (TPSA) is 77.0 Å². The molecule has 2 aliphatic rings. The average Bonchev–Trinajstić information content (AvgIpc) is 3.48. The molecule has 2 aromatic heterocycles. The van der Waals surface area contributed by atoms with E-state index in [4.69, 9.17) is 4.74 Å². The summed E-state index contributed by atoms with van der Waals surface area (Å²) in [6, 6.07) is 5.76. The largest absolute Gasteiger partial charge is 0.492 e. The lowest BCUT2D eigenvalue weighted by atomic mass is 10.0. The number of hydrogen-bond donors (Lipinski definition) is 1. The Kier molecular flexibility index (Phi) is 4.75. The van der Waals surface area contributed by atoms with Crippen LogP contribution in [0.1, 0.15) is 29.8 Å². The first-order valence-corrected chi connectivity index (χ1v) is 12.9.